The zero-order valence-corrected chi connectivity index (χ0v) is 19.9. The van der Waals surface area contributed by atoms with Crippen LogP contribution in [0.25, 0.3) is 0 Å². The number of carbonyl (C=O) groups is 1. The van der Waals surface area contributed by atoms with Crippen LogP contribution in [-0.4, -0.2) is 56.1 Å². The average molecular weight is 495 g/mol. The molecule has 1 atom stereocenters. The predicted octanol–water partition coefficient (Wildman–Crippen LogP) is 5.01. The lowest BCUT2D eigenvalue weighted by atomic mass is 9.96. The molecule has 0 saturated carbocycles. The van der Waals surface area contributed by atoms with Crippen LogP contribution in [0.15, 0.2) is 77.3 Å². The van der Waals surface area contributed by atoms with Gasteiger partial charge in [-0.1, -0.05) is 58.4 Å². The molecule has 1 fully saturated rings. The van der Waals surface area contributed by atoms with Gasteiger partial charge in [0.1, 0.15) is 11.5 Å². The normalized spacial score (nSPS) is 15.3. The van der Waals surface area contributed by atoms with Crippen molar-refractivity contribution in [2.45, 2.75) is 6.04 Å². The molecule has 1 saturated heterocycles. The van der Waals surface area contributed by atoms with Crippen molar-refractivity contribution in [1.82, 2.24) is 9.80 Å². The third kappa shape index (κ3) is 4.97. The molecule has 1 aliphatic rings. The fourth-order valence-electron chi connectivity index (χ4n) is 4.19. The number of carbonyl (C=O) groups excluding carboxylic acids is 1. The highest BCUT2D eigenvalue weighted by Gasteiger charge is 2.29. The van der Waals surface area contributed by atoms with Crippen molar-refractivity contribution >= 4 is 21.8 Å². The molecule has 166 valence electrons. The molecule has 0 spiro atoms. The van der Waals surface area contributed by atoms with Gasteiger partial charge < -0.3 is 14.4 Å². The summed E-state index contributed by atoms with van der Waals surface area (Å²) in [5.74, 6) is 1.23. The highest BCUT2D eigenvalue weighted by molar-refractivity contribution is 9.10. The van der Waals surface area contributed by atoms with Crippen LogP contribution in [0.4, 0.5) is 0 Å². The van der Waals surface area contributed by atoms with E-state index in [-0.39, 0.29) is 11.9 Å². The van der Waals surface area contributed by atoms with Crippen molar-refractivity contribution in [3.63, 3.8) is 0 Å². The number of nitrogens with zero attached hydrogens (tertiary/aromatic N) is 2. The quantitative estimate of drug-likeness (QED) is 0.482. The molecule has 0 unspecified atom stereocenters. The summed E-state index contributed by atoms with van der Waals surface area (Å²) < 4.78 is 11.7. The topological polar surface area (TPSA) is 42.0 Å². The maximum Gasteiger partial charge on any atom is 0.254 e. The fourth-order valence-corrected chi connectivity index (χ4v) is 4.46. The summed E-state index contributed by atoms with van der Waals surface area (Å²) in [5, 5.41) is 0. The van der Waals surface area contributed by atoms with Gasteiger partial charge in [-0.25, -0.2) is 0 Å². The minimum absolute atomic E-state index is 0.00162. The molecule has 1 aliphatic heterocycles. The fraction of sp³-hybridized carbons (Fsp3) is 0.269. The van der Waals surface area contributed by atoms with Gasteiger partial charge in [0.2, 0.25) is 0 Å². The summed E-state index contributed by atoms with van der Waals surface area (Å²) in [7, 11) is 3.18. The van der Waals surface area contributed by atoms with Gasteiger partial charge in [-0.2, -0.15) is 0 Å². The second-order valence-corrected chi connectivity index (χ2v) is 8.71. The highest BCUT2D eigenvalue weighted by Crippen LogP contribution is 2.31. The van der Waals surface area contributed by atoms with Gasteiger partial charge in [0.25, 0.3) is 5.91 Å². The lowest BCUT2D eigenvalue weighted by molar-refractivity contribution is 0.0596. The van der Waals surface area contributed by atoms with Crippen LogP contribution < -0.4 is 9.47 Å². The van der Waals surface area contributed by atoms with Crippen molar-refractivity contribution in [3.8, 4) is 11.5 Å². The Balaban J connectivity index is 1.52. The molecule has 3 aromatic carbocycles. The van der Waals surface area contributed by atoms with Crippen LogP contribution in [0, 0.1) is 0 Å². The minimum Gasteiger partial charge on any atom is -0.497 e. The van der Waals surface area contributed by atoms with Crippen LogP contribution in [0.2, 0.25) is 0 Å². The van der Waals surface area contributed by atoms with E-state index in [4.69, 9.17) is 9.47 Å². The number of halogens is 1. The Kier molecular flexibility index (Phi) is 7.12. The van der Waals surface area contributed by atoms with E-state index in [1.54, 1.807) is 32.4 Å². The molecule has 5 nitrogen and oxygen atoms in total. The number of amides is 1. The molecule has 6 heteroatoms. The monoisotopic (exact) mass is 494 g/mol. The molecule has 4 rings (SSSR count). The molecule has 0 aromatic heterocycles. The lowest BCUT2D eigenvalue weighted by Crippen LogP contribution is -2.49. The third-order valence-corrected chi connectivity index (χ3v) is 6.39. The highest BCUT2D eigenvalue weighted by atomic mass is 79.9. The zero-order valence-electron chi connectivity index (χ0n) is 18.3. The van der Waals surface area contributed by atoms with E-state index in [2.05, 4.69) is 69.4 Å². The summed E-state index contributed by atoms with van der Waals surface area (Å²) in [4.78, 5) is 17.5. The summed E-state index contributed by atoms with van der Waals surface area (Å²) in [6, 6.07) is 24.5. The summed E-state index contributed by atoms with van der Waals surface area (Å²) in [6.45, 7) is 2.92. The Bertz CT molecular complexity index is 1030. The lowest BCUT2D eigenvalue weighted by Gasteiger charge is -2.40. The summed E-state index contributed by atoms with van der Waals surface area (Å²) >= 11 is 3.54. The zero-order chi connectivity index (χ0) is 22.5. The molecular formula is C26H27BrN2O3. The van der Waals surface area contributed by atoms with E-state index >= 15 is 0 Å². The van der Waals surface area contributed by atoms with E-state index < -0.39 is 0 Å². The second kappa shape index (κ2) is 10.2. The number of hydrogen-bond donors (Lipinski definition) is 0. The SMILES string of the molecule is COc1cc(OC)cc(C(=O)N2CCN([C@H](c3ccccc3)c3ccc(Br)cc3)CC2)c1. The first-order chi connectivity index (χ1) is 15.6. The van der Waals surface area contributed by atoms with Gasteiger partial charge in [-0.05, 0) is 35.4 Å². The number of methoxy groups -OCH3 is 2. The van der Waals surface area contributed by atoms with Crippen LogP contribution >= 0.6 is 15.9 Å². The van der Waals surface area contributed by atoms with Crippen molar-refractivity contribution in [3.05, 3.63) is 94.0 Å². The number of hydrogen-bond acceptors (Lipinski definition) is 4. The smallest absolute Gasteiger partial charge is 0.254 e. The van der Waals surface area contributed by atoms with Gasteiger partial charge in [-0.3, -0.25) is 9.69 Å². The number of ether oxygens (including phenoxy) is 2. The number of rotatable bonds is 6. The van der Waals surface area contributed by atoms with Crippen molar-refractivity contribution in [2.24, 2.45) is 0 Å². The number of benzene rings is 3. The largest absolute Gasteiger partial charge is 0.497 e. The third-order valence-electron chi connectivity index (χ3n) is 5.87. The predicted molar refractivity (Wildman–Crippen MR) is 129 cm³/mol. The number of piperazine rings is 1. The van der Waals surface area contributed by atoms with Crippen LogP contribution in [-0.2, 0) is 0 Å². The van der Waals surface area contributed by atoms with E-state index in [1.165, 1.54) is 11.1 Å². The molecule has 0 aliphatic carbocycles. The van der Waals surface area contributed by atoms with Crippen molar-refractivity contribution < 1.29 is 14.3 Å². The molecule has 32 heavy (non-hydrogen) atoms. The molecule has 0 radical (unpaired) electrons. The Morgan fingerprint density at radius 3 is 1.94 bits per heavy atom. The molecule has 1 heterocycles. The molecule has 0 bridgehead atoms. The summed E-state index contributed by atoms with van der Waals surface area (Å²) in [5.41, 5.74) is 3.09. The Labute approximate surface area is 197 Å². The van der Waals surface area contributed by atoms with Gasteiger partial charge in [-0.15, -0.1) is 0 Å². The first-order valence-corrected chi connectivity index (χ1v) is 11.4. The van der Waals surface area contributed by atoms with E-state index in [0.29, 0.717) is 30.2 Å². The van der Waals surface area contributed by atoms with Gasteiger partial charge in [0, 0.05) is 42.3 Å². The second-order valence-electron chi connectivity index (χ2n) is 7.79. The molecule has 3 aromatic rings. The van der Waals surface area contributed by atoms with Crippen molar-refractivity contribution in [2.75, 3.05) is 40.4 Å². The maximum atomic E-state index is 13.2. The van der Waals surface area contributed by atoms with Gasteiger partial charge in [0.05, 0.1) is 20.3 Å². The molecule has 1 amide bonds. The average Bonchev–Trinajstić information content (AvgIpc) is 2.85. The van der Waals surface area contributed by atoms with Crippen LogP contribution in [0.3, 0.4) is 0 Å². The summed E-state index contributed by atoms with van der Waals surface area (Å²) in [6.07, 6.45) is 0. The van der Waals surface area contributed by atoms with Gasteiger partial charge >= 0.3 is 0 Å². The van der Waals surface area contributed by atoms with Gasteiger partial charge in [0.15, 0.2) is 0 Å². The Morgan fingerprint density at radius 2 is 1.38 bits per heavy atom. The van der Waals surface area contributed by atoms with E-state index in [9.17, 15) is 4.79 Å². The van der Waals surface area contributed by atoms with E-state index in [1.807, 2.05) is 11.0 Å². The first-order valence-electron chi connectivity index (χ1n) is 10.7. The van der Waals surface area contributed by atoms with Crippen molar-refractivity contribution in [1.29, 1.82) is 0 Å². The standard InChI is InChI=1S/C26H27BrN2O3/c1-31-23-16-21(17-24(18-23)32-2)26(30)29-14-12-28(13-15-29)25(19-6-4-3-5-7-19)20-8-10-22(27)11-9-20/h3-11,16-18,25H,12-15H2,1-2H3/t25-/m1/s1. The van der Waals surface area contributed by atoms with Crippen LogP contribution in [0.1, 0.15) is 27.5 Å². The first kappa shape index (κ1) is 22.4. The maximum absolute atomic E-state index is 13.2. The Morgan fingerprint density at radius 1 is 0.812 bits per heavy atom. The molecule has 0 N–H and O–H groups in total. The van der Waals surface area contributed by atoms with E-state index in [0.717, 1.165) is 17.6 Å². The molecular weight excluding hydrogens is 468 g/mol. The Hall–Kier alpha value is -2.83. The van der Waals surface area contributed by atoms with Crippen LogP contribution in [0.5, 0.6) is 11.5 Å². The minimum atomic E-state index is 0.00162.